The molecule has 3 nitrogen and oxygen atoms in total. The summed E-state index contributed by atoms with van der Waals surface area (Å²) in [4.78, 5) is 12.7. The number of halogens is 1. The van der Waals surface area contributed by atoms with E-state index < -0.39 is 0 Å². The second kappa shape index (κ2) is 6.73. The average Bonchev–Trinajstić information content (AvgIpc) is 2.77. The van der Waals surface area contributed by atoms with Crippen LogP contribution in [0, 0.1) is 18.8 Å². The third kappa shape index (κ3) is 3.50. The number of aryl methyl sites for hydroxylation is 1. The summed E-state index contributed by atoms with van der Waals surface area (Å²) in [6.07, 6.45) is 4.53. The maximum absolute atomic E-state index is 12.1. The van der Waals surface area contributed by atoms with Gasteiger partial charge < -0.3 is 10.4 Å². The molecule has 5 heteroatoms. The van der Waals surface area contributed by atoms with E-state index in [2.05, 4.69) is 5.32 Å². The monoisotopic (exact) mass is 301 g/mol. The summed E-state index contributed by atoms with van der Waals surface area (Å²) in [5.74, 6) is 0.627. The molecular formula is C14H20ClNO2S. The molecule has 1 aliphatic carbocycles. The Kier molecular flexibility index (Phi) is 5.25. The molecule has 0 spiro atoms. The standard InChI is InChI=1S/C14H20ClNO2S/c1-9-8-19-13(12(9)15)14(18)16-6-10-4-2-3-5-11(10)7-17/h8,10-11,17H,2-7H2,1H3,(H,16,18). The molecule has 1 aromatic rings. The van der Waals surface area contributed by atoms with Gasteiger partial charge in [0, 0.05) is 13.2 Å². The second-order valence-electron chi connectivity index (χ2n) is 5.26. The van der Waals surface area contributed by atoms with Crippen molar-refractivity contribution in [2.24, 2.45) is 11.8 Å². The van der Waals surface area contributed by atoms with Gasteiger partial charge in [-0.05, 0) is 42.5 Å². The Hall–Kier alpha value is -0.580. The van der Waals surface area contributed by atoms with Crippen molar-refractivity contribution >= 4 is 28.8 Å². The van der Waals surface area contributed by atoms with Crippen molar-refractivity contribution in [3.63, 3.8) is 0 Å². The lowest BCUT2D eigenvalue weighted by atomic mass is 9.79. The molecule has 1 amide bonds. The molecule has 0 radical (unpaired) electrons. The van der Waals surface area contributed by atoms with E-state index in [0.29, 0.717) is 28.3 Å². The van der Waals surface area contributed by atoms with Gasteiger partial charge in [-0.1, -0.05) is 24.4 Å². The number of aliphatic hydroxyl groups excluding tert-OH is 1. The van der Waals surface area contributed by atoms with Crippen molar-refractivity contribution in [1.29, 1.82) is 0 Å². The van der Waals surface area contributed by atoms with Gasteiger partial charge in [0.15, 0.2) is 0 Å². The Bertz CT molecular complexity index is 447. The Balaban J connectivity index is 1.91. The topological polar surface area (TPSA) is 49.3 Å². The lowest BCUT2D eigenvalue weighted by Crippen LogP contribution is -2.35. The zero-order valence-electron chi connectivity index (χ0n) is 11.1. The molecule has 1 saturated carbocycles. The first kappa shape index (κ1) is 14.8. The summed E-state index contributed by atoms with van der Waals surface area (Å²) in [6.45, 7) is 2.76. The van der Waals surface area contributed by atoms with Gasteiger partial charge in [-0.15, -0.1) is 11.3 Å². The SMILES string of the molecule is Cc1csc(C(=O)NCC2CCCCC2CO)c1Cl. The number of rotatable bonds is 4. The van der Waals surface area contributed by atoms with E-state index in [0.717, 1.165) is 18.4 Å². The van der Waals surface area contributed by atoms with Crippen LogP contribution in [-0.4, -0.2) is 24.2 Å². The molecular weight excluding hydrogens is 282 g/mol. The lowest BCUT2D eigenvalue weighted by Gasteiger charge is -2.30. The Morgan fingerprint density at radius 2 is 2.16 bits per heavy atom. The minimum atomic E-state index is -0.0923. The number of amides is 1. The Morgan fingerprint density at radius 1 is 1.47 bits per heavy atom. The van der Waals surface area contributed by atoms with E-state index in [1.807, 2.05) is 12.3 Å². The van der Waals surface area contributed by atoms with Crippen LogP contribution in [0.4, 0.5) is 0 Å². The molecule has 1 fully saturated rings. The summed E-state index contributed by atoms with van der Waals surface area (Å²) in [6, 6.07) is 0. The summed E-state index contributed by atoms with van der Waals surface area (Å²) in [5.41, 5.74) is 0.947. The van der Waals surface area contributed by atoms with Crippen LogP contribution in [-0.2, 0) is 0 Å². The molecule has 0 saturated heterocycles. The van der Waals surface area contributed by atoms with E-state index in [1.165, 1.54) is 24.2 Å². The molecule has 0 aliphatic heterocycles. The van der Waals surface area contributed by atoms with Crippen molar-refractivity contribution in [2.45, 2.75) is 32.6 Å². The normalized spacial score (nSPS) is 23.3. The first-order chi connectivity index (χ1) is 9.13. The maximum atomic E-state index is 12.1. The fourth-order valence-electron chi connectivity index (χ4n) is 2.68. The van der Waals surface area contributed by atoms with Gasteiger partial charge in [0.05, 0.1) is 5.02 Å². The first-order valence-electron chi connectivity index (χ1n) is 6.76. The maximum Gasteiger partial charge on any atom is 0.262 e. The first-order valence-corrected chi connectivity index (χ1v) is 8.02. The van der Waals surface area contributed by atoms with Crippen LogP contribution in [0.1, 0.15) is 40.9 Å². The van der Waals surface area contributed by atoms with E-state index in [-0.39, 0.29) is 12.5 Å². The van der Waals surface area contributed by atoms with Crippen LogP contribution in [0.15, 0.2) is 5.38 Å². The smallest absolute Gasteiger partial charge is 0.262 e. The molecule has 1 aliphatic rings. The van der Waals surface area contributed by atoms with Crippen molar-refractivity contribution in [2.75, 3.05) is 13.2 Å². The quantitative estimate of drug-likeness (QED) is 0.897. The van der Waals surface area contributed by atoms with Crippen LogP contribution in [0.25, 0.3) is 0 Å². The Morgan fingerprint density at radius 3 is 2.74 bits per heavy atom. The summed E-state index contributed by atoms with van der Waals surface area (Å²) < 4.78 is 0. The van der Waals surface area contributed by atoms with Crippen LogP contribution >= 0.6 is 22.9 Å². The number of hydrogen-bond acceptors (Lipinski definition) is 3. The van der Waals surface area contributed by atoms with E-state index in [9.17, 15) is 9.90 Å². The molecule has 1 heterocycles. The largest absolute Gasteiger partial charge is 0.396 e. The average molecular weight is 302 g/mol. The van der Waals surface area contributed by atoms with Gasteiger partial charge in [-0.3, -0.25) is 4.79 Å². The highest BCUT2D eigenvalue weighted by Gasteiger charge is 2.25. The van der Waals surface area contributed by atoms with Crippen LogP contribution in [0.3, 0.4) is 0 Å². The molecule has 2 atom stereocenters. The van der Waals surface area contributed by atoms with E-state index >= 15 is 0 Å². The minimum Gasteiger partial charge on any atom is -0.396 e. The highest BCUT2D eigenvalue weighted by molar-refractivity contribution is 7.13. The van der Waals surface area contributed by atoms with Gasteiger partial charge in [0.2, 0.25) is 0 Å². The number of hydrogen-bond donors (Lipinski definition) is 2. The number of nitrogens with one attached hydrogen (secondary N) is 1. The minimum absolute atomic E-state index is 0.0923. The van der Waals surface area contributed by atoms with Crippen molar-refractivity contribution in [1.82, 2.24) is 5.32 Å². The number of thiophene rings is 1. The number of aliphatic hydroxyl groups is 1. The van der Waals surface area contributed by atoms with Gasteiger partial charge in [-0.2, -0.15) is 0 Å². The number of carbonyl (C=O) groups excluding carboxylic acids is 1. The molecule has 19 heavy (non-hydrogen) atoms. The lowest BCUT2D eigenvalue weighted by molar-refractivity contribution is 0.0913. The molecule has 106 valence electrons. The molecule has 2 N–H and O–H groups in total. The predicted molar refractivity (Wildman–Crippen MR) is 78.9 cm³/mol. The highest BCUT2D eigenvalue weighted by atomic mass is 35.5. The summed E-state index contributed by atoms with van der Waals surface area (Å²) >= 11 is 7.47. The summed E-state index contributed by atoms with van der Waals surface area (Å²) in [5, 5.41) is 14.8. The molecule has 2 rings (SSSR count). The third-order valence-corrected chi connectivity index (χ3v) is 5.63. The zero-order valence-corrected chi connectivity index (χ0v) is 12.7. The van der Waals surface area contributed by atoms with Gasteiger partial charge in [-0.25, -0.2) is 0 Å². The molecule has 0 bridgehead atoms. The second-order valence-corrected chi connectivity index (χ2v) is 6.52. The van der Waals surface area contributed by atoms with E-state index in [4.69, 9.17) is 11.6 Å². The summed E-state index contributed by atoms with van der Waals surface area (Å²) in [7, 11) is 0. The van der Waals surface area contributed by atoms with Gasteiger partial charge in [0.25, 0.3) is 5.91 Å². The molecule has 0 aromatic carbocycles. The van der Waals surface area contributed by atoms with Gasteiger partial charge in [0.1, 0.15) is 4.88 Å². The fourth-order valence-corrected chi connectivity index (χ4v) is 3.88. The van der Waals surface area contributed by atoms with Crippen molar-refractivity contribution in [3.8, 4) is 0 Å². The third-order valence-electron chi connectivity index (χ3n) is 3.93. The van der Waals surface area contributed by atoms with Crippen molar-refractivity contribution < 1.29 is 9.90 Å². The predicted octanol–water partition coefficient (Wildman–Crippen LogP) is 3.24. The van der Waals surface area contributed by atoms with Crippen LogP contribution in [0.5, 0.6) is 0 Å². The molecule has 2 unspecified atom stereocenters. The highest BCUT2D eigenvalue weighted by Crippen LogP contribution is 2.30. The number of carbonyl (C=O) groups is 1. The molecule has 1 aromatic heterocycles. The van der Waals surface area contributed by atoms with Gasteiger partial charge >= 0.3 is 0 Å². The van der Waals surface area contributed by atoms with E-state index in [1.54, 1.807) is 0 Å². The van der Waals surface area contributed by atoms with Crippen molar-refractivity contribution in [3.05, 3.63) is 20.8 Å². The van der Waals surface area contributed by atoms with Crippen LogP contribution < -0.4 is 5.32 Å². The zero-order chi connectivity index (χ0) is 13.8. The Labute approximate surface area is 123 Å². The van der Waals surface area contributed by atoms with Crippen LogP contribution in [0.2, 0.25) is 5.02 Å². The fraction of sp³-hybridized carbons (Fsp3) is 0.643.